The van der Waals surface area contributed by atoms with Crippen molar-refractivity contribution in [2.45, 2.75) is 6.54 Å². The number of carbonyl (C=O) groups is 1. The Bertz CT molecular complexity index is 865. The van der Waals surface area contributed by atoms with E-state index in [9.17, 15) is 9.90 Å². The molecule has 1 aromatic heterocycles. The van der Waals surface area contributed by atoms with Crippen LogP contribution < -0.4 is 10.1 Å². The molecule has 0 saturated heterocycles. The molecule has 0 unspecified atom stereocenters. The quantitative estimate of drug-likeness (QED) is 0.772. The van der Waals surface area contributed by atoms with Crippen LogP contribution in [-0.4, -0.2) is 28.1 Å². The minimum Gasteiger partial charge on any atom is -0.504 e. The highest BCUT2D eigenvalue weighted by molar-refractivity contribution is 5.97. The van der Waals surface area contributed by atoms with Crippen LogP contribution in [0.2, 0.25) is 0 Å². The Morgan fingerprint density at radius 2 is 2.13 bits per heavy atom. The lowest BCUT2D eigenvalue weighted by Crippen LogP contribution is -2.22. The Morgan fingerprint density at radius 3 is 2.96 bits per heavy atom. The summed E-state index contributed by atoms with van der Waals surface area (Å²) in [7, 11) is 1.48. The standard InChI is InChI=1S/C17H15N3O3/c1-23-16-6-11(2-5-15(16)21)8-19-17(22)12-3-4-14-13(7-12)9-18-10-20-14/h2-7,9-10,21H,8H2,1H3,(H,19,22). The molecule has 1 amide bonds. The summed E-state index contributed by atoms with van der Waals surface area (Å²) in [6.07, 6.45) is 3.14. The lowest BCUT2D eigenvalue weighted by Gasteiger charge is -2.08. The first-order valence-electron chi connectivity index (χ1n) is 7.01. The van der Waals surface area contributed by atoms with Gasteiger partial charge >= 0.3 is 0 Å². The van der Waals surface area contributed by atoms with Crippen LogP contribution in [0.15, 0.2) is 48.9 Å². The number of aromatic hydroxyl groups is 1. The number of nitrogens with zero attached hydrogens (tertiary/aromatic N) is 2. The molecule has 2 aromatic carbocycles. The number of phenolic OH excluding ortho intramolecular Hbond substituents is 1. The molecule has 0 spiro atoms. The van der Waals surface area contributed by atoms with Gasteiger partial charge in [0.1, 0.15) is 6.33 Å². The number of fused-ring (bicyclic) bond motifs is 1. The molecule has 0 fully saturated rings. The molecule has 0 atom stereocenters. The Labute approximate surface area is 132 Å². The third kappa shape index (κ3) is 3.21. The van der Waals surface area contributed by atoms with Crippen molar-refractivity contribution < 1.29 is 14.6 Å². The van der Waals surface area contributed by atoms with Gasteiger partial charge in [0.2, 0.25) is 0 Å². The fourth-order valence-corrected chi connectivity index (χ4v) is 2.24. The number of nitrogens with one attached hydrogen (secondary N) is 1. The lowest BCUT2D eigenvalue weighted by molar-refractivity contribution is 0.0951. The van der Waals surface area contributed by atoms with Crippen molar-refractivity contribution in [2.75, 3.05) is 7.11 Å². The normalized spacial score (nSPS) is 10.5. The van der Waals surface area contributed by atoms with Gasteiger partial charge in [0.15, 0.2) is 11.5 Å². The summed E-state index contributed by atoms with van der Waals surface area (Å²) in [6, 6.07) is 10.2. The fourth-order valence-electron chi connectivity index (χ4n) is 2.24. The number of carbonyl (C=O) groups excluding carboxylic acids is 1. The summed E-state index contributed by atoms with van der Waals surface area (Å²) in [5.74, 6) is 0.250. The molecule has 116 valence electrons. The highest BCUT2D eigenvalue weighted by Gasteiger charge is 2.08. The number of amides is 1. The van der Waals surface area contributed by atoms with Crippen molar-refractivity contribution in [3.8, 4) is 11.5 Å². The van der Waals surface area contributed by atoms with E-state index in [1.54, 1.807) is 36.5 Å². The van der Waals surface area contributed by atoms with Crippen LogP contribution in [0.25, 0.3) is 10.9 Å². The second-order valence-electron chi connectivity index (χ2n) is 4.99. The van der Waals surface area contributed by atoms with E-state index >= 15 is 0 Å². The van der Waals surface area contributed by atoms with Gasteiger partial charge in [0, 0.05) is 23.7 Å². The van der Waals surface area contributed by atoms with Gasteiger partial charge in [-0.25, -0.2) is 9.97 Å². The molecular formula is C17H15N3O3. The van der Waals surface area contributed by atoms with E-state index in [0.29, 0.717) is 17.9 Å². The average molecular weight is 309 g/mol. The lowest BCUT2D eigenvalue weighted by atomic mass is 10.1. The molecule has 1 heterocycles. The maximum atomic E-state index is 12.3. The van der Waals surface area contributed by atoms with Crippen molar-refractivity contribution in [3.63, 3.8) is 0 Å². The first-order chi connectivity index (χ1) is 11.2. The number of hydrogen-bond donors (Lipinski definition) is 2. The fraction of sp³-hybridized carbons (Fsp3) is 0.118. The van der Waals surface area contributed by atoms with Crippen LogP contribution in [0, 0.1) is 0 Å². The Kier molecular flexibility index (Phi) is 4.05. The van der Waals surface area contributed by atoms with E-state index in [0.717, 1.165) is 16.5 Å². The third-order valence-corrected chi connectivity index (χ3v) is 3.46. The van der Waals surface area contributed by atoms with E-state index < -0.39 is 0 Å². The van der Waals surface area contributed by atoms with Gasteiger partial charge in [-0.3, -0.25) is 4.79 Å². The molecule has 0 saturated carbocycles. The van der Waals surface area contributed by atoms with E-state index in [2.05, 4.69) is 15.3 Å². The van der Waals surface area contributed by atoms with Crippen LogP contribution in [0.1, 0.15) is 15.9 Å². The summed E-state index contributed by atoms with van der Waals surface area (Å²) in [5, 5.41) is 13.2. The van der Waals surface area contributed by atoms with Gasteiger partial charge in [0.05, 0.1) is 12.6 Å². The topological polar surface area (TPSA) is 84.3 Å². The second-order valence-corrected chi connectivity index (χ2v) is 4.99. The van der Waals surface area contributed by atoms with E-state index in [4.69, 9.17) is 4.74 Å². The summed E-state index contributed by atoms with van der Waals surface area (Å²) >= 11 is 0. The van der Waals surface area contributed by atoms with Gasteiger partial charge in [-0.1, -0.05) is 6.07 Å². The smallest absolute Gasteiger partial charge is 0.251 e. The van der Waals surface area contributed by atoms with Gasteiger partial charge in [0.25, 0.3) is 5.91 Å². The first-order valence-corrected chi connectivity index (χ1v) is 7.01. The number of aromatic nitrogens is 2. The predicted molar refractivity (Wildman–Crippen MR) is 85.4 cm³/mol. The first kappa shape index (κ1) is 14.8. The van der Waals surface area contributed by atoms with Crippen LogP contribution >= 0.6 is 0 Å². The van der Waals surface area contributed by atoms with Gasteiger partial charge < -0.3 is 15.2 Å². The van der Waals surface area contributed by atoms with Crippen molar-refractivity contribution in [3.05, 3.63) is 60.0 Å². The largest absolute Gasteiger partial charge is 0.504 e. The molecule has 6 nitrogen and oxygen atoms in total. The van der Waals surface area contributed by atoms with E-state index in [1.807, 2.05) is 0 Å². The minimum atomic E-state index is -0.192. The number of ether oxygens (including phenoxy) is 1. The molecule has 0 aliphatic carbocycles. The minimum absolute atomic E-state index is 0.0668. The van der Waals surface area contributed by atoms with Crippen molar-refractivity contribution >= 4 is 16.8 Å². The second kappa shape index (κ2) is 6.31. The van der Waals surface area contributed by atoms with Gasteiger partial charge in [-0.15, -0.1) is 0 Å². The molecule has 0 radical (unpaired) electrons. The number of rotatable bonds is 4. The summed E-state index contributed by atoms with van der Waals surface area (Å²) < 4.78 is 5.05. The van der Waals surface area contributed by atoms with Crippen molar-refractivity contribution in [2.24, 2.45) is 0 Å². The monoisotopic (exact) mass is 309 g/mol. The zero-order valence-electron chi connectivity index (χ0n) is 12.5. The molecule has 3 rings (SSSR count). The summed E-state index contributed by atoms with van der Waals surface area (Å²) in [4.78, 5) is 20.3. The molecule has 23 heavy (non-hydrogen) atoms. The Hall–Kier alpha value is -3.15. The summed E-state index contributed by atoms with van der Waals surface area (Å²) in [5.41, 5.74) is 2.16. The Morgan fingerprint density at radius 1 is 1.26 bits per heavy atom. The average Bonchev–Trinajstić information content (AvgIpc) is 2.60. The molecule has 6 heteroatoms. The summed E-state index contributed by atoms with van der Waals surface area (Å²) in [6.45, 7) is 0.332. The van der Waals surface area contributed by atoms with E-state index in [1.165, 1.54) is 19.5 Å². The SMILES string of the molecule is COc1cc(CNC(=O)c2ccc3ncncc3c2)ccc1O. The Balaban J connectivity index is 1.73. The maximum absolute atomic E-state index is 12.3. The highest BCUT2D eigenvalue weighted by Crippen LogP contribution is 2.26. The third-order valence-electron chi connectivity index (χ3n) is 3.46. The van der Waals surface area contributed by atoms with Crippen molar-refractivity contribution in [1.29, 1.82) is 0 Å². The predicted octanol–water partition coefficient (Wildman–Crippen LogP) is 2.27. The molecular weight excluding hydrogens is 294 g/mol. The number of phenols is 1. The van der Waals surface area contributed by atoms with Gasteiger partial charge in [-0.2, -0.15) is 0 Å². The van der Waals surface area contributed by atoms with Crippen molar-refractivity contribution in [1.82, 2.24) is 15.3 Å². The van der Waals surface area contributed by atoms with Crippen LogP contribution in [-0.2, 0) is 6.54 Å². The van der Waals surface area contributed by atoms with Crippen LogP contribution in [0.5, 0.6) is 11.5 Å². The number of benzene rings is 2. The zero-order chi connectivity index (χ0) is 16.2. The number of hydrogen-bond acceptors (Lipinski definition) is 5. The molecule has 3 aromatic rings. The van der Waals surface area contributed by atoms with Crippen LogP contribution in [0.4, 0.5) is 0 Å². The van der Waals surface area contributed by atoms with Crippen LogP contribution in [0.3, 0.4) is 0 Å². The molecule has 2 N–H and O–H groups in total. The molecule has 0 aliphatic heterocycles. The molecule has 0 bridgehead atoms. The maximum Gasteiger partial charge on any atom is 0.251 e. The highest BCUT2D eigenvalue weighted by atomic mass is 16.5. The van der Waals surface area contributed by atoms with E-state index in [-0.39, 0.29) is 11.7 Å². The molecule has 0 aliphatic rings. The van der Waals surface area contributed by atoms with Gasteiger partial charge in [-0.05, 0) is 35.9 Å². The number of methoxy groups -OCH3 is 1. The zero-order valence-corrected chi connectivity index (χ0v) is 12.5.